The normalized spacial score (nSPS) is 37.1. The molecule has 2 atom stereocenters. The zero-order valence-electron chi connectivity index (χ0n) is 8.35. The van der Waals surface area contributed by atoms with Crippen molar-refractivity contribution in [2.45, 2.75) is 17.7 Å². The summed E-state index contributed by atoms with van der Waals surface area (Å²) in [6.45, 7) is 2.44. The van der Waals surface area contributed by atoms with Crippen LogP contribution in [0.4, 0.5) is 0 Å². The van der Waals surface area contributed by atoms with Gasteiger partial charge in [-0.2, -0.15) is 0 Å². The van der Waals surface area contributed by atoms with E-state index in [4.69, 9.17) is 9.47 Å². The van der Waals surface area contributed by atoms with Gasteiger partial charge in [0.1, 0.15) is 5.60 Å². The van der Waals surface area contributed by atoms with Crippen LogP contribution in [0.2, 0.25) is 0 Å². The van der Waals surface area contributed by atoms with Crippen LogP contribution in [0.5, 0.6) is 0 Å². The SMILES string of the molecule is COCC1(O)CN(C2COCC2O)C1. The first-order valence-corrected chi connectivity index (χ1v) is 4.86. The van der Waals surface area contributed by atoms with Crippen LogP contribution in [-0.2, 0) is 9.47 Å². The zero-order chi connectivity index (χ0) is 10.2. The molecule has 2 fully saturated rings. The van der Waals surface area contributed by atoms with Crippen LogP contribution in [0.3, 0.4) is 0 Å². The highest BCUT2D eigenvalue weighted by Crippen LogP contribution is 2.26. The lowest BCUT2D eigenvalue weighted by atomic mass is 9.92. The molecule has 0 aromatic rings. The predicted molar refractivity (Wildman–Crippen MR) is 49.0 cm³/mol. The van der Waals surface area contributed by atoms with Gasteiger partial charge in [-0.15, -0.1) is 0 Å². The zero-order valence-corrected chi connectivity index (χ0v) is 8.35. The second-order valence-corrected chi connectivity index (χ2v) is 4.23. The third kappa shape index (κ3) is 1.78. The van der Waals surface area contributed by atoms with Crippen molar-refractivity contribution in [1.82, 2.24) is 4.90 Å². The number of aliphatic hydroxyl groups excluding tert-OH is 1. The van der Waals surface area contributed by atoms with Crippen LogP contribution in [0.15, 0.2) is 0 Å². The van der Waals surface area contributed by atoms with E-state index in [1.54, 1.807) is 7.11 Å². The van der Waals surface area contributed by atoms with Crippen LogP contribution in [0.25, 0.3) is 0 Å². The van der Waals surface area contributed by atoms with Gasteiger partial charge in [-0.1, -0.05) is 0 Å². The summed E-state index contributed by atoms with van der Waals surface area (Å²) in [5.41, 5.74) is -0.725. The standard InChI is InChI=1S/C9H17NO4/c1-13-6-9(12)4-10(5-9)7-2-14-3-8(7)11/h7-8,11-12H,2-6H2,1H3. The minimum absolute atomic E-state index is 0.0483. The Balaban J connectivity index is 1.81. The van der Waals surface area contributed by atoms with E-state index in [1.807, 2.05) is 4.90 Å². The number of nitrogens with zero attached hydrogens (tertiary/aromatic N) is 1. The molecule has 2 heterocycles. The van der Waals surface area contributed by atoms with Crippen molar-refractivity contribution < 1.29 is 19.7 Å². The maximum absolute atomic E-state index is 9.84. The molecule has 5 heteroatoms. The molecule has 5 nitrogen and oxygen atoms in total. The van der Waals surface area contributed by atoms with Gasteiger partial charge in [0.2, 0.25) is 0 Å². The first-order valence-electron chi connectivity index (χ1n) is 4.86. The Morgan fingerprint density at radius 2 is 2.21 bits per heavy atom. The number of hydrogen-bond donors (Lipinski definition) is 2. The maximum Gasteiger partial charge on any atom is 0.113 e. The Kier molecular flexibility index (Phi) is 2.77. The first-order chi connectivity index (χ1) is 6.64. The summed E-state index contributed by atoms with van der Waals surface area (Å²) in [6.07, 6.45) is -0.415. The predicted octanol–water partition coefficient (Wildman–Crippen LogP) is -1.56. The molecule has 0 amide bonds. The molecule has 0 bridgehead atoms. The van der Waals surface area contributed by atoms with E-state index >= 15 is 0 Å². The highest BCUT2D eigenvalue weighted by atomic mass is 16.5. The van der Waals surface area contributed by atoms with Crippen molar-refractivity contribution >= 4 is 0 Å². The largest absolute Gasteiger partial charge is 0.389 e. The molecule has 0 spiro atoms. The molecule has 2 unspecified atom stereocenters. The second-order valence-electron chi connectivity index (χ2n) is 4.23. The molecule has 2 saturated heterocycles. The van der Waals surface area contributed by atoms with E-state index in [-0.39, 0.29) is 6.04 Å². The number of methoxy groups -OCH3 is 1. The minimum atomic E-state index is -0.725. The molecule has 0 aliphatic carbocycles. The maximum atomic E-state index is 9.84. The van der Waals surface area contributed by atoms with Gasteiger partial charge in [-0.25, -0.2) is 0 Å². The Morgan fingerprint density at radius 1 is 1.50 bits per heavy atom. The Hall–Kier alpha value is -0.200. The van der Waals surface area contributed by atoms with Gasteiger partial charge in [0.25, 0.3) is 0 Å². The van der Waals surface area contributed by atoms with Crippen molar-refractivity contribution in [3.8, 4) is 0 Å². The van der Waals surface area contributed by atoms with E-state index in [9.17, 15) is 10.2 Å². The van der Waals surface area contributed by atoms with Crippen LogP contribution in [0.1, 0.15) is 0 Å². The topological polar surface area (TPSA) is 62.2 Å². The number of likely N-dealkylation sites (tertiary alicyclic amines) is 1. The molecule has 0 radical (unpaired) electrons. The first kappa shape index (κ1) is 10.3. The van der Waals surface area contributed by atoms with Crippen LogP contribution in [0, 0.1) is 0 Å². The minimum Gasteiger partial charge on any atom is -0.389 e. The number of β-amino-alcohol motifs (C(OH)–C–C–N with tert-alkyl or cyclic N) is 1. The van der Waals surface area contributed by atoms with Crippen LogP contribution < -0.4 is 0 Å². The molecule has 0 saturated carbocycles. The van der Waals surface area contributed by atoms with Crippen molar-refractivity contribution in [2.24, 2.45) is 0 Å². The van der Waals surface area contributed by atoms with E-state index in [0.717, 1.165) is 0 Å². The molecule has 14 heavy (non-hydrogen) atoms. The number of aliphatic hydroxyl groups is 2. The molecule has 82 valence electrons. The summed E-state index contributed by atoms with van der Waals surface area (Å²) in [7, 11) is 1.58. The van der Waals surface area contributed by atoms with Crippen molar-refractivity contribution in [2.75, 3.05) is 40.0 Å². The van der Waals surface area contributed by atoms with Gasteiger partial charge in [-0.3, -0.25) is 4.90 Å². The molecule has 0 aromatic carbocycles. The van der Waals surface area contributed by atoms with Crippen molar-refractivity contribution in [3.05, 3.63) is 0 Å². The third-order valence-electron chi connectivity index (χ3n) is 2.90. The monoisotopic (exact) mass is 203 g/mol. The quantitative estimate of drug-likeness (QED) is 0.581. The van der Waals surface area contributed by atoms with Gasteiger partial charge in [0.15, 0.2) is 0 Å². The average Bonchev–Trinajstić information content (AvgIpc) is 2.47. The Morgan fingerprint density at radius 3 is 2.71 bits per heavy atom. The summed E-state index contributed by atoms with van der Waals surface area (Å²) in [6, 6.07) is 0.0483. The summed E-state index contributed by atoms with van der Waals surface area (Å²) < 4.78 is 10.1. The molecule has 2 N–H and O–H groups in total. The summed E-state index contributed by atoms with van der Waals surface area (Å²) in [5, 5.41) is 19.4. The summed E-state index contributed by atoms with van der Waals surface area (Å²) >= 11 is 0. The van der Waals surface area contributed by atoms with Gasteiger partial charge in [-0.05, 0) is 0 Å². The van der Waals surface area contributed by atoms with Crippen molar-refractivity contribution in [1.29, 1.82) is 0 Å². The van der Waals surface area contributed by atoms with Gasteiger partial charge in [0.05, 0.1) is 32.0 Å². The fraction of sp³-hybridized carbons (Fsp3) is 1.00. The summed E-state index contributed by atoms with van der Waals surface area (Å²) in [5.74, 6) is 0. The fourth-order valence-electron chi connectivity index (χ4n) is 2.18. The highest BCUT2D eigenvalue weighted by molar-refractivity contribution is 5.00. The number of hydrogen-bond acceptors (Lipinski definition) is 5. The van der Waals surface area contributed by atoms with E-state index < -0.39 is 11.7 Å². The summed E-state index contributed by atoms with van der Waals surface area (Å²) in [4.78, 5) is 2.04. The molecule has 2 rings (SSSR count). The molecule has 2 aliphatic rings. The van der Waals surface area contributed by atoms with Crippen LogP contribution in [-0.4, -0.2) is 72.9 Å². The lowest BCUT2D eigenvalue weighted by Gasteiger charge is -2.49. The van der Waals surface area contributed by atoms with Gasteiger partial charge >= 0.3 is 0 Å². The Bertz CT molecular complexity index is 205. The highest BCUT2D eigenvalue weighted by Gasteiger charge is 2.47. The third-order valence-corrected chi connectivity index (χ3v) is 2.90. The molecular weight excluding hydrogens is 186 g/mol. The van der Waals surface area contributed by atoms with E-state index in [0.29, 0.717) is 32.9 Å². The fourth-order valence-corrected chi connectivity index (χ4v) is 2.18. The number of ether oxygens (including phenoxy) is 2. The smallest absolute Gasteiger partial charge is 0.113 e. The van der Waals surface area contributed by atoms with Gasteiger partial charge in [0, 0.05) is 20.2 Å². The van der Waals surface area contributed by atoms with Crippen LogP contribution >= 0.6 is 0 Å². The van der Waals surface area contributed by atoms with E-state index in [2.05, 4.69) is 0 Å². The molecule has 0 aromatic heterocycles. The second kappa shape index (κ2) is 3.75. The lowest BCUT2D eigenvalue weighted by molar-refractivity contribution is -0.153. The molecular formula is C9H17NO4. The van der Waals surface area contributed by atoms with Crippen molar-refractivity contribution in [3.63, 3.8) is 0 Å². The number of rotatable bonds is 3. The van der Waals surface area contributed by atoms with Gasteiger partial charge < -0.3 is 19.7 Å². The average molecular weight is 203 g/mol. The molecule has 2 aliphatic heterocycles. The lowest BCUT2D eigenvalue weighted by Crippen LogP contribution is -2.68. The Labute approximate surface area is 83.2 Å². The van der Waals surface area contributed by atoms with E-state index in [1.165, 1.54) is 0 Å².